The van der Waals surface area contributed by atoms with E-state index in [4.69, 9.17) is 0 Å². The highest BCUT2D eigenvalue weighted by molar-refractivity contribution is 5.41. The molecule has 0 bridgehead atoms. The van der Waals surface area contributed by atoms with Gasteiger partial charge in [-0.2, -0.15) is 0 Å². The number of aryl methyl sites for hydroxylation is 1. The van der Waals surface area contributed by atoms with Crippen molar-refractivity contribution in [1.82, 2.24) is 19.4 Å². The van der Waals surface area contributed by atoms with Gasteiger partial charge in [-0.25, -0.2) is 4.98 Å². The normalized spacial score (nSPS) is 15.9. The van der Waals surface area contributed by atoms with Crippen molar-refractivity contribution in [2.24, 2.45) is 0 Å². The van der Waals surface area contributed by atoms with Gasteiger partial charge in [-0.1, -0.05) is 12.1 Å². The van der Waals surface area contributed by atoms with Crippen LogP contribution in [0.2, 0.25) is 0 Å². The molecule has 156 valence electrons. The largest absolute Gasteiger partial charge is 0.507 e. The monoisotopic (exact) mass is 405 g/mol. The van der Waals surface area contributed by atoms with E-state index in [2.05, 4.69) is 19.8 Å². The molecule has 7 heteroatoms. The number of hydrogen-bond donors (Lipinski definition) is 1. The first-order valence-electron chi connectivity index (χ1n) is 10.3. The van der Waals surface area contributed by atoms with E-state index >= 15 is 0 Å². The van der Waals surface area contributed by atoms with E-state index in [-0.39, 0.29) is 11.3 Å². The molecule has 0 spiro atoms. The summed E-state index contributed by atoms with van der Waals surface area (Å²) in [4.78, 5) is 26.8. The summed E-state index contributed by atoms with van der Waals surface area (Å²) < 4.78 is 1.70. The third-order valence-electron chi connectivity index (χ3n) is 5.73. The molecule has 7 nitrogen and oxygen atoms in total. The second-order valence-electron chi connectivity index (χ2n) is 7.50. The molecule has 1 aliphatic heterocycles. The number of aromatic hydroxyl groups is 1. The zero-order valence-electron chi connectivity index (χ0n) is 17.4. The third kappa shape index (κ3) is 3.80. The maximum Gasteiger partial charge on any atom is 0.259 e. The smallest absolute Gasteiger partial charge is 0.259 e. The van der Waals surface area contributed by atoms with Crippen LogP contribution in [0.15, 0.2) is 59.7 Å². The minimum atomic E-state index is -0.400. The zero-order chi connectivity index (χ0) is 21.1. The van der Waals surface area contributed by atoms with Crippen molar-refractivity contribution in [2.45, 2.75) is 26.4 Å². The molecule has 0 amide bonds. The first kappa shape index (κ1) is 20.1. The Morgan fingerprint density at radius 2 is 1.73 bits per heavy atom. The van der Waals surface area contributed by atoms with Crippen LogP contribution < -0.4 is 10.5 Å². The molecule has 3 aromatic heterocycles. The van der Waals surface area contributed by atoms with Gasteiger partial charge in [0, 0.05) is 50.8 Å². The van der Waals surface area contributed by atoms with Crippen molar-refractivity contribution in [3.05, 3.63) is 82.2 Å². The molecular weight excluding hydrogens is 378 g/mol. The highest BCUT2D eigenvalue weighted by Gasteiger charge is 2.32. The van der Waals surface area contributed by atoms with Crippen LogP contribution in [0.5, 0.6) is 5.75 Å². The van der Waals surface area contributed by atoms with Gasteiger partial charge in [0.2, 0.25) is 0 Å². The summed E-state index contributed by atoms with van der Waals surface area (Å²) in [6, 6.07) is 12.9. The summed E-state index contributed by atoms with van der Waals surface area (Å²) in [5.41, 5.74) is 1.76. The fourth-order valence-corrected chi connectivity index (χ4v) is 4.22. The van der Waals surface area contributed by atoms with Gasteiger partial charge in [0.25, 0.3) is 5.56 Å². The van der Waals surface area contributed by atoms with Crippen LogP contribution >= 0.6 is 0 Å². The minimum absolute atomic E-state index is 0.0324. The Balaban J connectivity index is 1.71. The van der Waals surface area contributed by atoms with Gasteiger partial charge in [0.05, 0.1) is 17.3 Å². The van der Waals surface area contributed by atoms with Gasteiger partial charge in [-0.3, -0.25) is 14.7 Å². The highest BCUT2D eigenvalue weighted by atomic mass is 16.3. The quantitative estimate of drug-likeness (QED) is 0.703. The molecule has 4 heterocycles. The Hall–Kier alpha value is -3.19. The van der Waals surface area contributed by atoms with E-state index in [1.54, 1.807) is 23.0 Å². The van der Waals surface area contributed by atoms with Gasteiger partial charge < -0.3 is 14.6 Å². The van der Waals surface area contributed by atoms with Gasteiger partial charge in [-0.05, 0) is 44.2 Å². The number of pyridine rings is 3. The number of piperazine rings is 1. The molecule has 3 aromatic rings. The molecule has 1 saturated heterocycles. The van der Waals surface area contributed by atoms with E-state index in [0.29, 0.717) is 12.1 Å². The average molecular weight is 406 g/mol. The molecule has 0 radical (unpaired) electrons. The Bertz CT molecular complexity index is 1040. The number of hydrogen-bond acceptors (Lipinski definition) is 6. The van der Waals surface area contributed by atoms with Crippen LogP contribution in [0.4, 0.5) is 5.82 Å². The van der Waals surface area contributed by atoms with Crippen LogP contribution in [0.1, 0.15) is 29.9 Å². The number of aromatic nitrogens is 3. The molecular formula is C23H27N5O2. The van der Waals surface area contributed by atoms with Gasteiger partial charge >= 0.3 is 0 Å². The van der Waals surface area contributed by atoms with Crippen LogP contribution in [0, 0.1) is 6.92 Å². The maximum absolute atomic E-state index is 13.3. The van der Waals surface area contributed by atoms with Crippen molar-refractivity contribution >= 4 is 5.82 Å². The Kier molecular flexibility index (Phi) is 5.81. The Morgan fingerprint density at radius 3 is 2.33 bits per heavy atom. The van der Waals surface area contributed by atoms with Crippen LogP contribution in [0.3, 0.4) is 0 Å². The van der Waals surface area contributed by atoms with E-state index in [0.717, 1.165) is 43.4 Å². The summed E-state index contributed by atoms with van der Waals surface area (Å²) in [5.74, 6) is 0.989. The Labute approximate surface area is 176 Å². The number of anilines is 1. The van der Waals surface area contributed by atoms with Crippen molar-refractivity contribution in [3.8, 4) is 5.75 Å². The van der Waals surface area contributed by atoms with E-state index < -0.39 is 6.04 Å². The number of rotatable bonds is 5. The predicted molar refractivity (Wildman–Crippen MR) is 117 cm³/mol. The standard InChI is InChI=1S/C23H27N5O2/c1-3-28-17(2)16-19(29)21(23(28)30)22(18-8-4-6-10-24-18)27-14-12-26(13-15-27)20-9-5-7-11-25-20/h4-11,16,22,29H,3,12-15H2,1-2H3. The summed E-state index contributed by atoms with van der Waals surface area (Å²) in [6.45, 7) is 7.38. The molecule has 0 aliphatic carbocycles. The average Bonchev–Trinajstić information content (AvgIpc) is 2.78. The zero-order valence-corrected chi connectivity index (χ0v) is 17.4. The summed E-state index contributed by atoms with van der Waals surface area (Å²) in [5, 5.41) is 10.8. The second-order valence-corrected chi connectivity index (χ2v) is 7.50. The van der Waals surface area contributed by atoms with E-state index in [1.807, 2.05) is 50.2 Å². The third-order valence-corrected chi connectivity index (χ3v) is 5.73. The van der Waals surface area contributed by atoms with Crippen molar-refractivity contribution in [2.75, 3.05) is 31.1 Å². The lowest BCUT2D eigenvalue weighted by atomic mass is 10.00. The summed E-state index contributed by atoms with van der Waals surface area (Å²) in [7, 11) is 0. The second kappa shape index (κ2) is 8.67. The van der Waals surface area contributed by atoms with Gasteiger partial charge in [0.15, 0.2) is 0 Å². The van der Waals surface area contributed by atoms with Crippen molar-refractivity contribution in [3.63, 3.8) is 0 Å². The Morgan fingerprint density at radius 1 is 1.03 bits per heavy atom. The molecule has 1 unspecified atom stereocenters. The van der Waals surface area contributed by atoms with Crippen molar-refractivity contribution < 1.29 is 5.11 Å². The molecule has 1 N–H and O–H groups in total. The first-order chi connectivity index (χ1) is 14.6. The fourth-order valence-electron chi connectivity index (χ4n) is 4.22. The lowest BCUT2D eigenvalue weighted by Crippen LogP contribution is -2.49. The molecule has 30 heavy (non-hydrogen) atoms. The predicted octanol–water partition coefficient (Wildman–Crippen LogP) is 2.58. The first-order valence-corrected chi connectivity index (χ1v) is 10.3. The minimum Gasteiger partial charge on any atom is -0.507 e. The lowest BCUT2D eigenvalue weighted by molar-refractivity contribution is 0.204. The molecule has 0 aromatic carbocycles. The van der Waals surface area contributed by atoms with Crippen molar-refractivity contribution in [1.29, 1.82) is 0 Å². The molecule has 1 atom stereocenters. The number of nitrogens with zero attached hydrogens (tertiary/aromatic N) is 5. The van der Waals surface area contributed by atoms with E-state index in [9.17, 15) is 9.90 Å². The molecule has 1 aliphatic rings. The lowest BCUT2D eigenvalue weighted by Gasteiger charge is -2.39. The van der Waals surface area contributed by atoms with Crippen LogP contribution in [-0.2, 0) is 6.54 Å². The van der Waals surface area contributed by atoms with E-state index in [1.165, 1.54) is 0 Å². The maximum atomic E-state index is 13.3. The molecule has 1 fully saturated rings. The SMILES string of the molecule is CCn1c(C)cc(O)c(C(c2ccccn2)N2CCN(c3ccccn3)CC2)c1=O. The molecule has 0 saturated carbocycles. The highest BCUT2D eigenvalue weighted by Crippen LogP contribution is 2.32. The van der Waals surface area contributed by atoms with Gasteiger partial charge in [0.1, 0.15) is 11.6 Å². The van der Waals surface area contributed by atoms with Crippen LogP contribution in [-0.4, -0.2) is 50.7 Å². The molecule has 4 rings (SSSR count). The fraction of sp³-hybridized carbons (Fsp3) is 0.348. The van der Waals surface area contributed by atoms with Gasteiger partial charge in [-0.15, -0.1) is 0 Å². The van der Waals surface area contributed by atoms with Crippen LogP contribution in [0.25, 0.3) is 0 Å². The summed E-state index contributed by atoms with van der Waals surface area (Å²) >= 11 is 0. The topological polar surface area (TPSA) is 74.5 Å². The summed E-state index contributed by atoms with van der Waals surface area (Å²) in [6.07, 6.45) is 3.53.